The summed E-state index contributed by atoms with van der Waals surface area (Å²) in [5.41, 5.74) is 1.07. The fraction of sp³-hybridized carbons (Fsp3) is 0.308. The summed E-state index contributed by atoms with van der Waals surface area (Å²) < 4.78 is 14.7. The standard InChI is InChI=1S/C13H14FN3O2/c1-7(2)12-15-11(13(18)19)16-17(12)9-4-5-10(14)8(3)6-9/h4-7H,1-3H3,(H,18,19). The molecule has 19 heavy (non-hydrogen) atoms. The molecule has 1 aromatic carbocycles. The largest absolute Gasteiger partial charge is 0.475 e. The van der Waals surface area contributed by atoms with Gasteiger partial charge in [-0.25, -0.2) is 18.9 Å². The lowest BCUT2D eigenvalue weighted by Crippen LogP contribution is -2.05. The van der Waals surface area contributed by atoms with Crippen molar-refractivity contribution in [2.75, 3.05) is 0 Å². The molecule has 1 aromatic heterocycles. The van der Waals surface area contributed by atoms with E-state index >= 15 is 0 Å². The van der Waals surface area contributed by atoms with Gasteiger partial charge in [0, 0.05) is 5.92 Å². The van der Waals surface area contributed by atoms with Gasteiger partial charge in [0.15, 0.2) is 0 Å². The second-order valence-electron chi connectivity index (χ2n) is 4.60. The summed E-state index contributed by atoms with van der Waals surface area (Å²) in [5, 5.41) is 12.9. The Morgan fingerprint density at radius 2 is 2.11 bits per heavy atom. The lowest BCUT2D eigenvalue weighted by molar-refractivity contribution is 0.0683. The predicted octanol–water partition coefficient (Wildman–Crippen LogP) is 2.54. The first-order valence-corrected chi connectivity index (χ1v) is 5.87. The van der Waals surface area contributed by atoms with E-state index in [2.05, 4.69) is 10.1 Å². The Morgan fingerprint density at radius 3 is 2.63 bits per heavy atom. The van der Waals surface area contributed by atoms with Gasteiger partial charge in [-0.15, -0.1) is 5.10 Å². The first kappa shape index (κ1) is 13.2. The van der Waals surface area contributed by atoms with Crippen LogP contribution in [-0.2, 0) is 0 Å². The molecule has 100 valence electrons. The summed E-state index contributed by atoms with van der Waals surface area (Å²) in [6.45, 7) is 5.42. The van der Waals surface area contributed by atoms with Crippen LogP contribution >= 0.6 is 0 Å². The van der Waals surface area contributed by atoms with E-state index in [1.54, 1.807) is 19.1 Å². The number of aryl methyl sites for hydroxylation is 1. The van der Waals surface area contributed by atoms with Crippen molar-refractivity contribution in [3.8, 4) is 5.69 Å². The molecule has 0 spiro atoms. The fourth-order valence-electron chi connectivity index (χ4n) is 1.74. The molecule has 0 aliphatic carbocycles. The molecule has 0 radical (unpaired) electrons. The molecule has 2 aromatic rings. The summed E-state index contributed by atoms with van der Waals surface area (Å²) >= 11 is 0. The average molecular weight is 263 g/mol. The number of carboxylic acid groups (broad SMARTS) is 1. The minimum Gasteiger partial charge on any atom is -0.475 e. The van der Waals surface area contributed by atoms with Crippen molar-refractivity contribution in [3.63, 3.8) is 0 Å². The zero-order valence-corrected chi connectivity index (χ0v) is 10.9. The van der Waals surface area contributed by atoms with Crippen LogP contribution in [0.2, 0.25) is 0 Å². The molecule has 2 rings (SSSR count). The summed E-state index contributed by atoms with van der Waals surface area (Å²) in [5.74, 6) is -1.21. The average Bonchev–Trinajstić information content (AvgIpc) is 2.78. The van der Waals surface area contributed by atoms with Gasteiger partial charge < -0.3 is 5.11 Å². The second-order valence-corrected chi connectivity index (χ2v) is 4.60. The molecule has 0 amide bonds. The van der Waals surface area contributed by atoms with Gasteiger partial charge in [0.05, 0.1) is 5.69 Å². The van der Waals surface area contributed by atoms with Gasteiger partial charge in [0.2, 0.25) is 0 Å². The van der Waals surface area contributed by atoms with Crippen LogP contribution in [0.15, 0.2) is 18.2 Å². The maximum Gasteiger partial charge on any atom is 0.375 e. The van der Waals surface area contributed by atoms with Crippen molar-refractivity contribution < 1.29 is 14.3 Å². The van der Waals surface area contributed by atoms with Crippen LogP contribution in [0.5, 0.6) is 0 Å². The number of halogens is 1. The van der Waals surface area contributed by atoms with Crippen LogP contribution in [0.25, 0.3) is 5.69 Å². The van der Waals surface area contributed by atoms with Gasteiger partial charge in [-0.3, -0.25) is 0 Å². The van der Waals surface area contributed by atoms with Crippen molar-refractivity contribution in [1.29, 1.82) is 0 Å². The smallest absolute Gasteiger partial charge is 0.375 e. The SMILES string of the molecule is Cc1cc(-n2nc(C(=O)O)nc2C(C)C)ccc1F. The van der Waals surface area contributed by atoms with E-state index in [-0.39, 0.29) is 17.6 Å². The maximum atomic E-state index is 13.3. The molecule has 0 unspecified atom stereocenters. The molecule has 1 heterocycles. The van der Waals surface area contributed by atoms with Crippen molar-refractivity contribution in [2.45, 2.75) is 26.7 Å². The zero-order chi connectivity index (χ0) is 14.2. The highest BCUT2D eigenvalue weighted by Gasteiger charge is 2.18. The Bertz CT molecular complexity index is 635. The molecule has 0 saturated carbocycles. The quantitative estimate of drug-likeness (QED) is 0.924. The molecule has 0 aliphatic heterocycles. The molecule has 1 N–H and O–H groups in total. The third kappa shape index (κ3) is 2.47. The van der Waals surface area contributed by atoms with Crippen LogP contribution in [0, 0.1) is 12.7 Å². The van der Waals surface area contributed by atoms with Gasteiger partial charge in [-0.2, -0.15) is 0 Å². The highest BCUT2D eigenvalue weighted by molar-refractivity contribution is 5.83. The van der Waals surface area contributed by atoms with Crippen molar-refractivity contribution in [1.82, 2.24) is 14.8 Å². The number of rotatable bonds is 3. The molecule has 0 atom stereocenters. The van der Waals surface area contributed by atoms with E-state index < -0.39 is 5.97 Å². The number of hydrogen-bond donors (Lipinski definition) is 1. The molecule has 0 bridgehead atoms. The van der Waals surface area contributed by atoms with E-state index in [1.165, 1.54) is 10.7 Å². The number of nitrogens with zero attached hydrogens (tertiary/aromatic N) is 3. The van der Waals surface area contributed by atoms with E-state index in [0.717, 1.165) is 0 Å². The minimum absolute atomic E-state index is 0.00552. The van der Waals surface area contributed by atoms with E-state index in [0.29, 0.717) is 17.1 Å². The number of carboxylic acids is 1. The Kier molecular flexibility index (Phi) is 3.33. The first-order valence-electron chi connectivity index (χ1n) is 5.87. The minimum atomic E-state index is -1.18. The number of carbonyl (C=O) groups is 1. The number of benzene rings is 1. The highest BCUT2D eigenvalue weighted by atomic mass is 19.1. The van der Waals surface area contributed by atoms with Crippen molar-refractivity contribution in [3.05, 3.63) is 41.2 Å². The van der Waals surface area contributed by atoms with E-state index in [4.69, 9.17) is 5.11 Å². The number of aromatic nitrogens is 3. The summed E-state index contributed by atoms with van der Waals surface area (Å²) in [6.07, 6.45) is 0. The normalized spacial score (nSPS) is 11.0. The van der Waals surface area contributed by atoms with Crippen LogP contribution in [0.1, 0.15) is 41.8 Å². The monoisotopic (exact) mass is 263 g/mol. The highest BCUT2D eigenvalue weighted by Crippen LogP contribution is 2.19. The Hall–Kier alpha value is -2.24. The molecule has 5 nitrogen and oxygen atoms in total. The first-order chi connectivity index (χ1) is 8.90. The summed E-state index contributed by atoms with van der Waals surface area (Å²) in [7, 11) is 0. The second kappa shape index (κ2) is 4.79. The van der Waals surface area contributed by atoms with Gasteiger partial charge >= 0.3 is 5.97 Å². The van der Waals surface area contributed by atoms with Crippen LogP contribution in [0.4, 0.5) is 4.39 Å². The van der Waals surface area contributed by atoms with Crippen LogP contribution in [-0.4, -0.2) is 25.8 Å². The van der Waals surface area contributed by atoms with Gasteiger partial charge in [-0.05, 0) is 30.7 Å². The van der Waals surface area contributed by atoms with Crippen LogP contribution in [0.3, 0.4) is 0 Å². The van der Waals surface area contributed by atoms with E-state index in [9.17, 15) is 9.18 Å². The lowest BCUT2D eigenvalue weighted by atomic mass is 10.2. The van der Waals surface area contributed by atoms with E-state index in [1.807, 2.05) is 13.8 Å². The zero-order valence-electron chi connectivity index (χ0n) is 10.9. The van der Waals surface area contributed by atoms with Gasteiger partial charge in [-0.1, -0.05) is 13.8 Å². The third-order valence-electron chi connectivity index (χ3n) is 2.73. The Morgan fingerprint density at radius 1 is 1.42 bits per heavy atom. The van der Waals surface area contributed by atoms with Crippen molar-refractivity contribution >= 4 is 5.97 Å². The van der Waals surface area contributed by atoms with Gasteiger partial charge in [0.1, 0.15) is 11.6 Å². The van der Waals surface area contributed by atoms with Gasteiger partial charge in [0.25, 0.3) is 5.82 Å². The Balaban J connectivity index is 2.59. The fourth-order valence-corrected chi connectivity index (χ4v) is 1.74. The van der Waals surface area contributed by atoms with Crippen molar-refractivity contribution in [2.24, 2.45) is 0 Å². The molecular formula is C13H14FN3O2. The topological polar surface area (TPSA) is 68.0 Å². The molecule has 0 aliphatic rings. The summed E-state index contributed by atoms with van der Waals surface area (Å²) in [6, 6.07) is 4.49. The number of hydrogen-bond acceptors (Lipinski definition) is 3. The maximum absolute atomic E-state index is 13.3. The molecule has 0 saturated heterocycles. The summed E-state index contributed by atoms with van der Waals surface area (Å²) in [4.78, 5) is 14.9. The van der Waals surface area contributed by atoms with Crippen LogP contribution < -0.4 is 0 Å². The third-order valence-corrected chi connectivity index (χ3v) is 2.73. The lowest BCUT2D eigenvalue weighted by Gasteiger charge is -2.09. The Labute approximate surface area is 109 Å². The molecule has 0 fully saturated rings. The molecular weight excluding hydrogens is 249 g/mol. The number of aromatic carboxylic acids is 1. The molecule has 6 heteroatoms. The predicted molar refractivity (Wildman–Crippen MR) is 67.1 cm³/mol.